The van der Waals surface area contributed by atoms with Gasteiger partial charge in [-0.1, -0.05) is 45.9 Å². The van der Waals surface area contributed by atoms with Crippen LogP contribution in [-0.4, -0.2) is 82.8 Å². The number of fused-ring (bicyclic) bond motifs is 1. The second kappa shape index (κ2) is 15.0. The van der Waals surface area contributed by atoms with E-state index in [0.29, 0.717) is 18.5 Å². The summed E-state index contributed by atoms with van der Waals surface area (Å²) in [5.41, 5.74) is 3.43. The Morgan fingerprint density at radius 2 is 1.76 bits per heavy atom. The molecule has 2 saturated heterocycles. The van der Waals surface area contributed by atoms with E-state index in [1.807, 2.05) is 0 Å². The second-order valence-electron chi connectivity index (χ2n) is 13.1. The summed E-state index contributed by atoms with van der Waals surface area (Å²) in [5.74, 6) is -2.74. The number of anilines is 1. The van der Waals surface area contributed by atoms with Crippen LogP contribution < -0.4 is 15.3 Å². The third-order valence-electron chi connectivity index (χ3n) is 8.34. The largest absolute Gasteiger partial charge is 0.459 e. The lowest BCUT2D eigenvalue weighted by molar-refractivity contribution is -0.193. The first kappa shape index (κ1) is 37.2. The fourth-order valence-electron chi connectivity index (χ4n) is 5.51. The average Bonchev–Trinajstić information content (AvgIpc) is 3.81. The maximum absolute atomic E-state index is 14.5. The van der Waals surface area contributed by atoms with Gasteiger partial charge in [-0.15, -0.1) is 0 Å². The van der Waals surface area contributed by atoms with Crippen LogP contribution in [0, 0.1) is 11.8 Å². The molecule has 0 amide bonds. The molecule has 6 atom stereocenters. The highest BCUT2D eigenvalue weighted by Crippen LogP contribution is 2.51. The van der Waals surface area contributed by atoms with Crippen LogP contribution in [-0.2, 0) is 52.8 Å². The predicted molar refractivity (Wildman–Crippen MR) is 178 cm³/mol. The van der Waals surface area contributed by atoms with Gasteiger partial charge in [0.15, 0.2) is 11.9 Å². The minimum absolute atomic E-state index is 0.162. The molecule has 17 heteroatoms. The third kappa shape index (κ3) is 7.94. The number of carbonyl (C=O) groups excluding carboxylic acids is 3. The van der Waals surface area contributed by atoms with Gasteiger partial charge in [-0.2, -0.15) is 10.2 Å². The second-order valence-corrected chi connectivity index (χ2v) is 14.8. The van der Waals surface area contributed by atoms with Gasteiger partial charge in [-0.3, -0.25) is 18.9 Å². The molecule has 2 aliphatic heterocycles. The number of nitrogens with zero attached hydrogens (tertiary/aromatic N) is 3. The Bertz CT molecular complexity index is 1730. The summed E-state index contributed by atoms with van der Waals surface area (Å²) in [6.07, 6.45) is -0.0299. The van der Waals surface area contributed by atoms with Gasteiger partial charge in [0.25, 0.3) is 0 Å². The lowest BCUT2D eigenvalue weighted by Gasteiger charge is -2.38. The minimum atomic E-state index is -4.41. The molecule has 4 heterocycles. The number of aromatic nitrogens is 3. The molecule has 2 aromatic heterocycles. The predicted octanol–water partition coefficient (Wildman–Crippen LogP) is 3.58. The summed E-state index contributed by atoms with van der Waals surface area (Å²) in [7, 11) is -4.41. The van der Waals surface area contributed by atoms with E-state index < -0.39 is 73.5 Å². The van der Waals surface area contributed by atoms with Crippen molar-refractivity contribution in [2.75, 3.05) is 32.2 Å². The number of nitrogens with one attached hydrogen (secondary N) is 1. The van der Waals surface area contributed by atoms with Gasteiger partial charge < -0.3 is 33.9 Å². The zero-order valence-corrected chi connectivity index (χ0v) is 29.8. The Kier molecular flexibility index (Phi) is 11.2. The number of nitrogen functional groups attached to an aromatic ring is 1. The van der Waals surface area contributed by atoms with Crippen molar-refractivity contribution in [2.24, 2.45) is 11.8 Å². The van der Waals surface area contributed by atoms with E-state index in [2.05, 4.69) is 15.2 Å². The number of carbonyl (C=O) groups is 3. The zero-order chi connectivity index (χ0) is 36.3. The van der Waals surface area contributed by atoms with E-state index in [9.17, 15) is 18.9 Å². The van der Waals surface area contributed by atoms with Crippen LogP contribution in [0.15, 0.2) is 48.8 Å². The summed E-state index contributed by atoms with van der Waals surface area (Å²) in [5, 5.41) is 7.01. The van der Waals surface area contributed by atoms with Gasteiger partial charge in [0.05, 0.1) is 44.0 Å². The number of benzene rings is 1. The van der Waals surface area contributed by atoms with Crippen molar-refractivity contribution in [3.05, 3.63) is 54.5 Å². The Labute approximate surface area is 289 Å². The number of esters is 3. The molecular weight excluding hydrogens is 673 g/mol. The van der Waals surface area contributed by atoms with Crippen LogP contribution in [0.2, 0.25) is 0 Å². The van der Waals surface area contributed by atoms with E-state index in [1.165, 1.54) is 17.8 Å². The molecule has 2 fully saturated rings. The fourth-order valence-corrected chi connectivity index (χ4v) is 7.09. The minimum Gasteiger partial charge on any atom is -0.459 e. The van der Waals surface area contributed by atoms with E-state index >= 15 is 0 Å². The normalized spacial score (nSPS) is 25.4. The Balaban J connectivity index is 1.52. The molecule has 0 unspecified atom stereocenters. The zero-order valence-electron chi connectivity index (χ0n) is 28.9. The summed E-state index contributed by atoms with van der Waals surface area (Å²) < 4.78 is 57.3. The van der Waals surface area contributed by atoms with Gasteiger partial charge in [-0.25, -0.2) is 14.1 Å². The summed E-state index contributed by atoms with van der Waals surface area (Å²) in [6, 6.07) is 10.4. The molecule has 0 saturated carbocycles. The van der Waals surface area contributed by atoms with E-state index in [1.54, 1.807) is 77.1 Å². The van der Waals surface area contributed by atoms with Crippen molar-refractivity contribution < 1.29 is 51.7 Å². The molecule has 16 nitrogen and oxygen atoms in total. The summed E-state index contributed by atoms with van der Waals surface area (Å²) >= 11 is 0. The Morgan fingerprint density at radius 1 is 1.04 bits per heavy atom. The highest BCUT2D eigenvalue weighted by atomic mass is 31.2. The number of hydrogen-bond acceptors (Lipinski definition) is 14. The van der Waals surface area contributed by atoms with Gasteiger partial charge in [0.2, 0.25) is 5.60 Å². The molecule has 0 aliphatic carbocycles. The van der Waals surface area contributed by atoms with E-state index in [4.69, 9.17) is 38.5 Å². The summed E-state index contributed by atoms with van der Waals surface area (Å²) in [6.45, 7) is 9.54. The van der Waals surface area contributed by atoms with Gasteiger partial charge in [-0.05, 0) is 38.1 Å². The first-order chi connectivity index (χ1) is 23.7. The lowest BCUT2D eigenvalue weighted by Crippen LogP contribution is -2.55. The van der Waals surface area contributed by atoms with Crippen LogP contribution >= 0.6 is 7.75 Å². The average molecular weight is 718 g/mol. The van der Waals surface area contributed by atoms with Crippen molar-refractivity contribution in [1.82, 2.24) is 19.7 Å². The standard InChI is InChI=1S/C33H44N5O11P/c1-20(2)28(39)47-31-32(6,44-18-33(31,48-29(40)21(3)4)26-13-12-25-27(34)35-19-36-38(25)26)17-45-50(42,49-23-10-8-7-9-11-23)37-22(5)30(41)46-24-14-15-43-16-24/h7-13,19-22,24,31H,14-18H2,1-6H3,(H,37,42)(H2,34,35,36)/t22-,24+,31+,32+,33-,50+/m0/s1. The van der Waals surface area contributed by atoms with Gasteiger partial charge >= 0.3 is 25.7 Å². The maximum Gasteiger partial charge on any atom is 0.459 e. The van der Waals surface area contributed by atoms with Crippen LogP contribution in [0.1, 0.15) is 53.7 Å². The van der Waals surface area contributed by atoms with Crippen LogP contribution in [0.25, 0.3) is 5.52 Å². The molecule has 272 valence electrons. The SMILES string of the molecule is CC(C)C(=O)O[C@@H]1[C@@](C)(CO[P@](=O)(N[C@@H](C)C(=O)O[C@@H]2CCOC2)Oc2ccccc2)OC[C@]1(OC(=O)C(C)C)c1ccc2c(N)ncnn12. The number of para-hydroxylation sites is 1. The molecule has 5 rings (SSSR count). The van der Waals surface area contributed by atoms with Gasteiger partial charge in [0.1, 0.15) is 35.3 Å². The van der Waals surface area contributed by atoms with Crippen LogP contribution in [0.3, 0.4) is 0 Å². The highest BCUT2D eigenvalue weighted by Gasteiger charge is 2.64. The number of ether oxygens (including phenoxy) is 5. The number of hydrogen-bond donors (Lipinski definition) is 2. The smallest absolute Gasteiger partial charge is 0.459 e. The van der Waals surface area contributed by atoms with E-state index in [0.717, 1.165) is 0 Å². The maximum atomic E-state index is 14.5. The van der Waals surface area contributed by atoms with Crippen molar-refractivity contribution in [3.8, 4) is 5.75 Å². The van der Waals surface area contributed by atoms with Crippen LogP contribution in [0.4, 0.5) is 5.82 Å². The molecule has 50 heavy (non-hydrogen) atoms. The Hall–Kier alpha value is -4.08. The quantitative estimate of drug-likeness (QED) is 0.139. The lowest BCUT2D eigenvalue weighted by atomic mass is 9.85. The topological polar surface area (TPSA) is 201 Å². The van der Waals surface area contributed by atoms with Crippen molar-refractivity contribution in [2.45, 2.75) is 77.4 Å². The molecule has 0 radical (unpaired) electrons. The highest BCUT2D eigenvalue weighted by molar-refractivity contribution is 7.52. The molecule has 0 spiro atoms. The molecule has 3 N–H and O–H groups in total. The van der Waals surface area contributed by atoms with E-state index in [-0.39, 0.29) is 30.5 Å². The van der Waals surface area contributed by atoms with Gasteiger partial charge in [0, 0.05) is 6.42 Å². The molecule has 1 aromatic carbocycles. The molecule has 0 bridgehead atoms. The third-order valence-corrected chi connectivity index (χ3v) is 9.96. The van der Waals surface area contributed by atoms with Crippen molar-refractivity contribution >= 4 is 37.0 Å². The number of rotatable bonds is 14. The molecule has 3 aromatic rings. The Morgan fingerprint density at radius 3 is 2.42 bits per heavy atom. The number of nitrogens with two attached hydrogens (primary N) is 1. The van der Waals surface area contributed by atoms with Crippen molar-refractivity contribution in [3.63, 3.8) is 0 Å². The molecule has 2 aliphatic rings. The first-order valence-corrected chi connectivity index (χ1v) is 17.9. The molecular formula is C33H44N5O11P. The summed E-state index contributed by atoms with van der Waals surface area (Å²) in [4.78, 5) is 43.7. The first-order valence-electron chi connectivity index (χ1n) is 16.4. The van der Waals surface area contributed by atoms with Crippen molar-refractivity contribution in [1.29, 1.82) is 0 Å². The monoisotopic (exact) mass is 717 g/mol. The fraction of sp³-hybridized carbons (Fsp3) is 0.545. The van der Waals surface area contributed by atoms with Crippen LogP contribution in [0.5, 0.6) is 5.75 Å².